The van der Waals surface area contributed by atoms with Crippen LogP contribution >= 0.6 is 0 Å². The summed E-state index contributed by atoms with van der Waals surface area (Å²) in [6.07, 6.45) is 13.0. The molecule has 2 aliphatic carbocycles. The minimum Gasteiger partial charge on any atom is -0.308 e. The maximum atomic E-state index is 3.96. The van der Waals surface area contributed by atoms with E-state index in [9.17, 15) is 0 Å². The molecule has 2 nitrogen and oxygen atoms in total. The van der Waals surface area contributed by atoms with Gasteiger partial charge >= 0.3 is 0 Å². The molecule has 0 amide bonds. The van der Waals surface area contributed by atoms with Gasteiger partial charge in [0.1, 0.15) is 0 Å². The van der Waals surface area contributed by atoms with Gasteiger partial charge < -0.3 is 5.32 Å². The Balaban J connectivity index is 1.71. The minimum atomic E-state index is 0.496. The smallest absolute Gasteiger partial charge is 0.0309 e. The summed E-state index contributed by atoms with van der Waals surface area (Å²) in [5.74, 6) is 0.827. The Morgan fingerprint density at radius 2 is 1.79 bits per heavy atom. The topological polar surface area (TPSA) is 15.3 Å². The van der Waals surface area contributed by atoms with E-state index in [-0.39, 0.29) is 0 Å². The molecule has 0 bridgehead atoms. The van der Waals surface area contributed by atoms with Gasteiger partial charge in [0, 0.05) is 30.7 Å². The van der Waals surface area contributed by atoms with Crippen molar-refractivity contribution in [1.29, 1.82) is 0 Å². The molecule has 2 heteroatoms. The highest BCUT2D eigenvalue weighted by molar-refractivity contribution is 5.03. The average Bonchev–Trinajstić information content (AvgIpc) is 3.03. The van der Waals surface area contributed by atoms with Crippen LogP contribution in [-0.2, 0) is 0 Å². The third-order valence-corrected chi connectivity index (χ3v) is 5.76. The first-order chi connectivity index (χ1) is 9.19. The van der Waals surface area contributed by atoms with Crippen molar-refractivity contribution >= 4 is 0 Å². The highest BCUT2D eigenvalue weighted by atomic mass is 15.3. The molecule has 2 saturated carbocycles. The Hall–Kier alpha value is -0.0800. The molecule has 1 heterocycles. The van der Waals surface area contributed by atoms with Crippen LogP contribution in [0.25, 0.3) is 0 Å². The second-order valence-electron chi connectivity index (χ2n) is 7.76. The van der Waals surface area contributed by atoms with Crippen LogP contribution in [0.15, 0.2) is 0 Å². The van der Waals surface area contributed by atoms with Crippen LogP contribution in [0.2, 0.25) is 0 Å². The van der Waals surface area contributed by atoms with Gasteiger partial charge in [-0.3, -0.25) is 4.90 Å². The van der Waals surface area contributed by atoms with Crippen molar-refractivity contribution in [1.82, 2.24) is 10.2 Å². The van der Waals surface area contributed by atoms with Crippen LogP contribution in [0.5, 0.6) is 0 Å². The second-order valence-corrected chi connectivity index (χ2v) is 7.76. The molecule has 0 aromatic heterocycles. The van der Waals surface area contributed by atoms with Gasteiger partial charge in [-0.1, -0.05) is 39.5 Å². The number of hydrogen-bond acceptors (Lipinski definition) is 2. The maximum absolute atomic E-state index is 3.96. The molecule has 3 aliphatic rings. The van der Waals surface area contributed by atoms with E-state index in [1.54, 1.807) is 0 Å². The van der Waals surface area contributed by atoms with E-state index in [2.05, 4.69) is 24.1 Å². The van der Waals surface area contributed by atoms with Crippen molar-refractivity contribution in [3.05, 3.63) is 0 Å². The lowest BCUT2D eigenvalue weighted by atomic mass is 9.88. The Labute approximate surface area is 119 Å². The Morgan fingerprint density at radius 1 is 1.11 bits per heavy atom. The SMILES string of the molecule is CC(C)CC1CNC2(CCCC2)CN1C1CCCC1. The summed E-state index contributed by atoms with van der Waals surface area (Å²) in [5, 5.41) is 3.96. The Kier molecular flexibility index (Phi) is 4.19. The standard InChI is InChI=1S/C17H32N2/c1-14(2)11-16-12-18-17(9-5-6-10-17)13-19(16)15-7-3-4-8-15/h14-16,18H,3-13H2,1-2H3. The number of piperazine rings is 1. The molecular formula is C17H32N2. The largest absolute Gasteiger partial charge is 0.308 e. The molecule has 110 valence electrons. The van der Waals surface area contributed by atoms with E-state index in [1.807, 2.05) is 0 Å². The van der Waals surface area contributed by atoms with E-state index in [1.165, 1.54) is 70.9 Å². The van der Waals surface area contributed by atoms with Gasteiger partial charge in [0.15, 0.2) is 0 Å². The summed E-state index contributed by atoms with van der Waals surface area (Å²) in [6.45, 7) is 7.35. The molecule has 1 atom stereocenters. The zero-order valence-corrected chi connectivity index (χ0v) is 13.0. The lowest BCUT2D eigenvalue weighted by Gasteiger charge is -2.49. The summed E-state index contributed by atoms with van der Waals surface area (Å²) >= 11 is 0. The quantitative estimate of drug-likeness (QED) is 0.838. The van der Waals surface area contributed by atoms with E-state index >= 15 is 0 Å². The minimum absolute atomic E-state index is 0.496. The van der Waals surface area contributed by atoms with E-state index in [0.717, 1.165) is 18.0 Å². The summed E-state index contributed by atoms with van der Waals surface area (Å²) in [6, 6.07) is 1.71. The summed E-state index contributed by atoms with van der Waals surface area (Å²) in [5.41, 5.74) is 0.496. The van der Waals surface area contributed by atoms with Crippen LogP contribution in [-0.4, -0.2) is 35.6 Å². The lowest BCUT2D eigenvalue weighted by molar-refractivity contribution is 0.0351. The van der Waals surface area contributed by atoms with Crippen LogP contribution in [0, 0.1) is 5.92 Å². The third-order valence-electron chi connectivity index (χ3n) is 5.76. The molecule has 19 heavy (non-hydrogen) atoms. The molecule has 1 N–H and O–H groups in total. The van der Waals surface area contributed by atoms with Gasteiger partial charge in [0.25, 0.3) is 0 Å². The molecule has 0 aromatic carbocycles. The van der Waals surface area contributed by atoms with Gasteiger partial charge in [-0.15, -0.1) is 0 Å². The molecule has 0 aromatic rings. The average molecular weight is 264 g/mol. The van der Waals surface area contributed by atoms with Crippen molar-refractivity contribution in [2.45, 2.75) is 89.3 Å². The van der Waals surface area contributed by atoms with Crippen LogP contribution < -0.4 is 5.32 Å². The maximum Gasteiger partial charge on any atom is 0.0309 e. The van der Waals surface area contributed by atoms with Crippen molar-refractivity contribution in [2.75, 3.05) is 13.1 Å². The summed E-state index contributed by atoms with van der Waals surface area (Å²) in [7, 11) is 0. The van der Waals surface area contributed by atoms with E-state index in [0.29, 0.717) is 5.54 Å². The first kappa shape index (κ1) is 13.9. The van der Waals surface area contributed by atoms with Gasteiger partial charge in [0.2, 0.25) is 0 Å². The second kappa shape index (κ2) is 5.73. The Bertz CT molecular complexity index is 288. The molecule has 3 rings (SSSR count). The molecule has 3 fully saturated rings. The predicted octanol–water partition coefficient (Wildman–Crippen LogP) is 3.56. The number of nitrogens with one attached hydrogen (secondary N) is 1. The number of hydrogen-bond donors (Lipinski definition) is 1. The van der Waals surface area contributed by atoms with Crippen molar-refractivity contribution in [2.24, 2.45) is 5.92 Å². The van der Waals surface area contributed by atoms with Crippen LogP contribution in [0.3, 0.4) is 0 Å². The highest BCUT2D eigenvalue weighted by Gasteiger charge is 2.43. The summed E-state index contributed by atoms with van der Waals surface area (Å²) in [4.78, 5) is 2.94. The zero-order chi connectivity index (χ0) is 13.3. The fraction of sp³-hybridized carbons (Fsp3) is 1.00. The van der Waals surface area contributed by atoms with Gasteiger partial charge in [-0.05, 0) is 38.0 Å². The van der Waals surface area contributed by atoms with Gasteiger partial charge in [-0.2, -0.15) is 0 Å². The molecule has 1 unspecified atom stereocenters. The first-order valence-corrected chi connectivity index (χ1v) is 8.69. The van der Waals surface area contributed by atoms with Gasteiger partial charge in [-0.25, -0.2) is 0 Å². The monoisotopic (exact) mass is 264 g/mol. The van der Waals surface area contributed by atoms with E-state index < -0.39 is 0 Å². The van der Waals surface area contributed by atoms with Crippen molar-refractivity contribution in [3.8, 4) is 0 Å². The first-order valence-electron chi connectivity index (χ1n) is 8.69. The fourth-order valence-electron chi connectivity index (χ4n) is 4.80. The molecule has 1 spiro atoms. The van der Waals surface area contributed by atoms with Gasteiger partial charge in [0.05, 0.1) is 0 Å². The molecule has 0 radical (unpaired) electrons. The Morgan fingerprint density at radius 3 is 2.42 bits per heavy atom. The number of nitrogens with zero attached hydrogens (tertiary/aromatic N) is 1. The lowest BCUT2D eigenvalue weighted by Crippen LogP contribution is -2.65. The summed E-state index contributed by atoms with van der Waals surface area (Å²) < 4.78 is 0. The highest BCUT2D eigenvalue weighted by Crippen LogP contribution is 2.37. The predicted molar refractivity (Wildman–Crippen MR) is 81.4 cm³/mol. The van der Waals surface area contributed by atoms with Crippen molar-refractivity contribution in [3.63, 3.8) is 0 Å². The zero-order valence-electron chi connectivity index (χ0n) is 13.0. The van der Waals surface area contributed by atoms with Crippen LogP contribution in [0.1, 0.15) is 71.6 Å². The molecular weight excluding hydrogens is 232 g/mol. The molecule has 1 saturated heterocycles. The molecule has 1 aliphatic heterocycles. The normalized spacial score (nSPS) is 32.7. The van der Waals surface area contributed by atoms with Crippen LogP contribution in [0.4, 0.5) is 0 Å². The fourth-order valence-corrected chi connectivity index (χ4v) is 4.80. The van der Waals surface area contributed by atoms with E-state index in [4.69, 9.17) is 0 Å². The number of rotatable bonds is 3. The third kappa shape index (κ3) is 3.00. The van der Waals surface area contributed by atoms with Crippen molar-refractivity contribution < 1.29 is 0 Å².